The molecule has 1 aliphatic carbocycles. The lowest BCUT2D eigenvalue weighted by Crippen LogP contribution is -2.21. The number of hydrogen-bond acceptors (Lipinski definition) is 3. The number of aromatic nitrogens is 2. The van der Waals surface area contributed by atoms with Crippen molar-refractivity contribution in [1.29, 1.82) is 0 Å². The summed E-state index contributed by atoms with van der Waals surface area (Å²) >= 11 is 0. The Morgan fingerprint density at radius 2 is 2.05 bits per heavy atom. The second-order valence-electron chi connectivity index (χ2n) is 4.97. The molecule has 0 amide bonds. The zero-order chi connectivity index (χ0) is 13.3. The van der Waals surface area contributed by atoms with Gasteiger partial charge in [-0.25, -0.2) is 4.98 Å². The quantitative estimate of drug-likeness (QED) is 0.910. The highest BCUT2D eigenvalue weighted by molar-refractivity contribution is 5.39. The monoisotopic (exact) mass is 256 g/mol. The minimum absolute atomic E-state index is 0.107. The molecule has 0 bridgehead atoms. The average molecular weight is 256 g/mol. The van der Waals surface area contributed by atoms with Gasteiger partial charge in [-0.05, 0) is 18.4 Å². The minimum atomic E-state index is -0.112. The highest BCUT2D eigenvalue weighted by atomic mass is 16.5. The average Bonchev–Trinajstić information content (AvgIpc) is 3.21. The number of hydrogen-bond donors (Lipinski definition) is 1. The van der Waals surface area contributed by atoms with E-state index in [9.17, 15) is 4.79 Å². The van der Waals surface area contributed by atoms with Crippen molar-refractivity contribution < 1.29 is 4.74 Å². The first-order chi connectivity index (χ1) is 9.24. The molecule has 19 heavy (non-hydrogen) atoms. The fourth-order valence-corrected chi connectivity index (χ4v) is 2.50. The molecule has 1 aliphatic rings. The number of H-pyrrole nitrogens is 1. The smallest absolute Gasteiger partial charge is 0.251 e. The largest absolute Gasteiger partial charge is 0.378 e. The van der Waals surface area contributed by atoms with Crippen molar-refractivity contribution in [3.8, 4) is 0 Å². The number of ether oxygens (including phenoxy) is 1. The molecule has 3 rings (SSSR count). The Labute approximate surface area is 111 Å². The third-order valence-electron chi connectivity index (χ3n) is 3.62. The van der Waals surface area contributed by atoms with Gasteiger partial charge in [0.2, 0.25) is 0 Å². The Balaban J connectivity index is 2.05. The molecule has 1 N–H and O–H groups in total. The third kappa shape index (κ3) is 2.19. The summed E-state index contributed by atoms with van der Waals surface area (Å²) in [6.45, 7) is 0.363. The molecule has 1 heterocycles. The Morgan fingerprint density at radius 1 is 1.32 bits per heavy atom. The summed E-state index contributed by atoms with van der Waals surface area (Å²) in [5.41, 5.74) is 1.68. The maximum atomic E-state index is 11.7. The second-order valence-corrected chi connectivity index (χ2v) is 4.97. The van der Waals surface area contributed by atoms with Gasteiger partial charge in [0.05, 0.1) is 17.7 Å². The lowest BCUT2D eigenvalue weighted by Gasteiger charge is -2.15. The van der Waals surface area contributed by atoms with Crippen molar-refractivity contribution >= 4 is 0 Å². The van der Waals surface area contributed by atoms with Gasteiger partial charge in [-0.1, -0.05) is 30.3 Å². The van der Waals surface area contributed by atoms with Crippen LogP contribution in [0.3, 0.4) is 0 Å². The normalized spacial score (nSPS) is 16.3. The lowest BCUT2D eigenvalue weighted by atomic mass is 9.95. The summed E-state index contributed by atoms with van der Waals surface area (Å²) in [7, 11) is 1.60. The van der Waals surface area contributed by atoms with Crippen LogP contribution in [-0.2, 0) is 16.8 Å². The Hall–Kier alpha value is -1.94. The number of benzene rings is 1. The maximum absolute atomic E-state index is 11.7. The van der Waals surface area contributed by atoms with E-state index in [0.29, 0.717) is 12.3 Å². The zero-order valence-electron chi connectivity index (χ0n) is 10.8. The molecule has 0 atom stereocenters. The predicted octanol–water partition coefficient (Wildman–Crippen LogP) is 2.00. The van der Waals surface area contributed by atoms with E-state index in [4.69, 9.17) is 4.74 Å². The predicted molar refractivity (Wildman–Crippen MR) is 72.0 cm³/mol. The van der Waals surface area contributed by atoms with Gasteiger partial charge in [0.1, 0.15) is 5.82 Å². The minimum Gasteiger partial charge on any atom is -0.378 e. The molecule has 2 aromatic rings. The Morgan fingerprint density at radius 3 is 2.68 bits per heavy atom. The van der Waals surface area contributed by atoms with Crippen molar-refractivity contribution in [3.05, 3.63) is 63.8 Å². The van der Waals surface area contributed by atoms with Gasteiger partial charge in [-0.15, -0.1) is 0 Å². The molecule has 0 unspecified atom stereocenters. The highest BCUT2D eigenvalue weighted by Gasteiger charge is 2.48. The van der Waals surface area contributed by atoms with E-state index >= 15 is 0 Å². The van der Waals surface area contributed by atoms with Crippen molar-refractivity contribution in [2.75, 3.05) is 7.11 Å². The summed E-state index contributed by atoms with van der Waals surface area (Å²) in [4.78, 5) is 19.2. The first-order valence-corrected chi connectivity index (χ1v) is 6.40. The fraction of sp³-hybridized carbons (Fsp3) is 0.333. The van der Waals surface area contributed by atoms with Gasteiger partial charge in [0.15, 0.2) is 0 Å². The van der Waals surface area contributed by atoms with Gasteiger partial charge >= 0.3 is 0 Å². The molecule has 98 valence electrons. The van der Waals surface area contributed by atoms with E-state index in [1.807, 2.05) is 18.2 Å². The van der Waals surface area contributed by atoms with Gasteiger partial charge in [0, 0.05) is 13.2 Å². The molecule has 0 aliphatic heterocycles. The van der Waals surface area contributed by atoms with Crippen LogP contribution in [0.4, 0.5) is 0 Å². The van der Waals surface area contributed by atoms with Crippen molar-refractivity contribution in [2.24, 2.45) is 0 Å². The van der Waals surface area contributed by atoms with Gasteiger partial charge in [0.25, 0.3) is 5.56 Å². The Bertz CT molecular complexity index is 630. The van der Waals surface area contributed by atoms with E-state index in [2.05, 4.69) is 22.1 Å². The van der Waals surface area contributed by atoms with Crippen LogP contribution in [-0.4, -0.2) is 17.1 Å². The summed E-state index contributed by atoms with van der Waals surface area (Å²) in [5.74, 6) is 0.762. The van der Waals surface area contributed by atoms with Crippen molar-refractivity contribution in [3.63, 3.8) is 0 Å². The second kappa shape index (κ2) is 4.63. The number of nitrogens with one attached hydrogen (secondary N) is 1. The molecule has 1 fully saturated rings. The maximum Gasteiger partial charge on any atom is 0.251 e. The number of aromatic amines is 1. The molecule has 4 heteroatoms. The summed E-state index contributed by atoms with van der Waals surface area (Å²) < 4.78 is 5.06. The molecule has 4 nitrogen and oxygen atoms in total. The van der Waals surface area contributed by atoms with Crippen LogP contribution >= 0.6 is 0 Å². The number of methoxy groups -OCH3 is 1. The molecule has 0 radical (unpaired) electrons. The van der Waals surface area contributed by atoms with E-state index in [-0.39, 0.29) is 11.0 Å². The Kier molecular flexibility index (Phi) is 2.95. The van der Waals surface area contributed by atoms with E-state index in [1.165, 1.54) is 11.6 Å². The van der Waals surface area contributed by atoms with Crippen LogP contribution in [0.15, 0.2) is 41.2 Å². The van der Waals surface area contributed by atoms with Gasteiger partial charge in [-0.3, -0.25) is 4.79 Å². The van der Waals surface area contributed by atoms with E-state index < -0.39 is 0 Å². The van der Waals surface area contributed by atoms with Crippen LogP contribution < -0.4 is 5.56 Å². The summed E-state index contributed by atoms with van der Waals surface area (Å²) in [6.07, 6.45) is 2.05. The van der Waals surface area contributed by atoms with Crippen molar-refractivity contribution in [2.45, 2.75) is 24.9 Å². The number of rotatable bonds is 4. The molecular formula is C15H16N2O2. The lowest BCUT2D eigenvalue weighted by molar-refractivity contribution is 0.181. The number of nitrogens with zero attached hydrogens (tertiary/aromatic N) is 1. The first-order valence-electron chi connectivity index (χ1n) is 6.40. The topological polar surface area (TPSA) is 55.0 Å². The van der Waals surface area contributed by atoms with Crippen LogP contribution in [0.5, 0.6) is 0 Å². The molecular weight excluding hydrogens is 240 g/mol. The standard InChI is InChI=1S/C15H16N2O2/c1-19-10-12-9-13(18)17-14(16-12)15(7-8-15)11-5-3-2-4-6-11/h2-6,9H,7-8,10H2,1H3,(H,16,17,18). The molecule has 1 aromatic heterocycles. The van der Waals surface area contributed by atoms with Crippen LogP contribution in [0.2, 0.25) is 0 Å². The van der Waals surface area contributed by atoms with E-state index in [1.54, 1.807) is 7.11 Å². The van der Waals surface area contributed by atoms with Crippen LogP contribution in [0.1, 0.15) is 29.9 Å². The highest BCUT2D eigenvalue weighted by Crippen LogP contribution is 2.51. The van der Waals surface area contributed by atoms with Gasteiger partial charge in [-0.2, -0.15) is 0 Å². The fourth-order valence-electron chi connectivity index (χ4n) is 2.50. The van der Waals surface area contributed by atoms with Crippen LogP contribution in [0.25, 0.3) is 0 Å². The zero-order valence-corrected chi connectivity index (χ0v) is 10.8. The van der Waals surface area contributed by atoms with E-state index in [0.717, 1.165) is 18.7 Å². The first kappa shape index (κ1) is 12.1. The SMILES string of the molecule is COCc1cc(=O)[nH]c(C2(c3ccccc3)CC2)n1. The summed E-state index contributed by atoms with van der Waals surface area (Å²) in [5, 5.41) is 0. The van der Waals surface area contributed by atoms with Crippen LogP contribution in [0, 0.1) is 0 Å². The molecule has 1 saturated carbocycles. The van der Waals surface area contributed by atoms with Crippen molar-refractivity contribution in [1.82, 2.24) is 9.97 Å². The molecule has 0 saturated heterocycles. The summed E-state index contributed by atoms with van der Waals surface area (Å²) in [6, 6.07) is 11.7. The molecule has 0 spiro atoms. The molecule has 1 aromatic carbocycles. The third-order valence-corrected chi connectivity index (χ3v) is 3.62. The van der Waals surface area contributed by atoms with Gasteiger partial charge < -0.3 is 9.72 Å².